The Balaban J connectivity index is 1.76. The highest BCUT2D eigenvalue weighted by Crippen LogP contribution is 2.45. The van der Waals surface area contributed by atoms with Crippen molar-refractivity contribution in [1.82, 2.24) is 5.32 Å². The first-order valence-corrected chi connectivity index (χ1v) is 9.07. The van der Waals surface area contributed by atoms with Crippen molar-refractivity contribution in [3.8, 4) is 11.5 Å². The minimum absolute atomic E-state index is 0.188. The molecule has 0 saturated carbocycles. The second-order valence-electron chi connectivity index (χ2n) is 6.05. The van der Waals surface area contributed by atoms with Crippen LogP contribution in [-0.4, -0.2) is 46.1 Å². The number of alkyl halides is 3. The smallest absolute Gasteiger partial charge is 0.483 e. The molecule has 142 valence electrons. The monoisotopic (exact) mass is 393 g/mol. The van der Waals surface area contributed by atoms with E-state index in [0.29, 0.717) is 17.9 Å². The van der Waals surface area contributed by atoms with E-state index in [2.05, 4.69) is 9.50 Å². The number of rotatable bonds is 2. The van der Waals surface area contributed by atoms with Crippen LogP contribution in [0, 0.1) is 0 Å². The van der Waals surface area contributed by atoms with Gasteiger partial charge in [0.15, 0.2) is 0 Å². The molecule has 1 aromatic carbocycles. The standard InChI is InChI=1S/C15H14F3NO6S/c16-15(17,18)26(20,21)25-9-3-4-11-10(6-9)14(7-22-8-19-14)13-12(24-11)2-1-5-23-13/h1-4,6,12-13,19H,5,7-8H2. The molecule has 3 aliphatic heterocycles. The van der Waals surface area contributed by atoms with Crippen LogP contribution in [0.5, 0.6) is 11.5 Å². The molecule has 1 aromatic rings. The number of halogens is 3. The first kappa shape index (κ1) is 17.6. The Hall–Kier alpha value is -1.82. The zero-order valence-corrected chi connectivity index (χ0v) is 14.0. The zero-order chi connectivity index (χ0) is 18.6. The Morgan fingerprint density at radius 2 is 2.12 bits per heavy atom. The fourth-order valence-corrected chi connectivity index (χ4v) is 3.80. The van der Waals surface area contributed by atoms with Crippen molar-refractivity contribution in [2.24, 2.45) is 0 Å². The summed E-state index contributed by atoms with van der Waals surface area (Å²) in [5.41, 5.74) is -5.99. The molecule has 0 aliphatic carbocycles. The summed E-state index contributed by atoms with van der Waals surface area (Å²) >= 11 is 0. The van der Waals surface area contributed by atoms with Crippen molar-refractivity contribution >= 4 is 10.1 Å². The van der Waals surface area contributed by atoms with E-state index < -0.39 is 39.1 Å². The maximum absolute atomic E-state index is 12.6. The van der Waals surface area contributed by atoms with Gasteiger partial charge in [-0.25, -0.2) is 0 Å². The maximum atomic E-state index is 12.6. The van der Waals surface area contributed by atoms with Crippen molar-refractivity contribution in [3.05, 3.63) is 35.9 Å². The van der Waals surface area contributed by atoms with Crippen molar-refractivity contribution < 1.29 is 40.0 Å². The first-order valence-electron chi connectivity index (χ1n) is 7.66. The fourth-order valence-electron chi connectivity index (χ4n) is 3.35. The van der Waals surface area contributed by atoms with Gasteiger partial charge < -0.3 is 18.4 Å². The molecule has 0 radical (unpaired) electrons. The number of ether oxygens (including phenoxy) is 3. The quantitative estimate of drug-likeness (QED) is 0.462. The van der Waals surface area contributed by atoms with Crippen LogP contribution in [0.4, 0.5) is 13.2 Å². The van der Waals surface area contributed by atoms with Gasteiger partial charge in [-0.3, -0.25) is 5.32 Å². The van der Waals surface area contributed by atoms with Gasteiger partial charge in [0.25, 0.3) is 0 Å². The van der Waals surface area contributed by atoms with Gasteiger partial charge in [0.2, 0.25) is 0 Å². The SMILES string of the molecule is O=S(=O)(Oc1ccc2c(c1)C1(COCN1)C1OCC=CC1O2)C(F)(F)F. The van der Waals surface area contributed by atoms with Gasteiger partial charge in [-0.05, 0) is 24.3 Å². The van der Waals surface area contributed by atoms with Gasteiger partial charge in [-0.2, -0.15) is 21.6 Å². The molecule has 1 fully saturated rings. The van der Waals surface area contributed by atoms with E-state index in [0.717, 1.165) is 6.07 Å². The second kappa shape index (κ2) is 5.84. The highest BCUT2D eigenvalue weighted by atomic mass is 32.2. The molecule has 3 unspecified atom stereocenters. The van der Waals surface area contributed by atoms with E-state index in [9.17, 15) is 21.6 Å². The molecular weight excluding hydrogens is 379 g/mol. The summed E-state index contributed by atoms with van der Waals surface area (Å²) in [6.45, 7) is 0.747. The Labute approximate surface area is 146 Å². The van der Waals surface area contributed by atoms with Gasteiger partial charge in [0.1, 0.15) is 29.2 Å². The van der Waals surface area contributed by atoms with Crippen molar-refractivity contribution in [1.29, 1.82) is 0 Å². The number of fused-ring (bicyclic) bond motifs is 4. The summed E-state index contributed by atoms with van der Waals surface area (Å²) < 4.78 is 81.6. The molecule has 1 saturated heterocycles. The molecule has 7 nitrogen and oxygen atoms in total. The van der Waals surface area contributed by atoms with Crippen LogP contribution in [0.2, 0.25) is 0 Å². The molecule has 26 heavy (non-hydrogen) atoms. The van der Waals surface area contributed by atoms with E-state index in [1.165, 1.54) is 12.1 Å². The normalized spacial score (nSPS) is 30.6. The molecular formula is C15H14F3NO6S. The molecule has 1 N–H and O–H groups in total. The van der Waals surface area contributed by atoms with Crippen LogP contribution in [-0.2, 0) is 25.1 Å². The molecule has 3 heterocycles. The summed E-state index contributed by atoms with van der Waals surface area (Å²) in [7, 11) is -5.77. The lowest BCUT2D eigenvalue weighted by Crippen LogP contribution is -2.60. The van der Waals surface area contributed by atoms with Crippen LogP contribution in [0.3, 0.4) is 0 Å². The maximum Gasteiger partial charge on any atom is 0.534 e. The molecule has 3 atom stereocenters. The zero-order valence-electron chi connectivity index (χ0n) is 13.2. The van der Waals surface area contributed by atoms with E-state index in [1.54, 1.807) is 0 Å². The Morgan fingerprint density at radius 3 is 2.81 bits per heavy atom. The third kappa shape index (κ3) is 2.66. The highest BCUT2D eigenvalue weighted by molar-refractivity contribution is 7.88. The third-order valence-electron chi connectivity index (χ3n) is 4.49. The molecule has 0 amide bonds. The molecule has 0 bridgehead atoms. The summed E-state index contributed by atoms with van der Waals surface area (Å²) in [5.74, 6) is -0.0845. The van der Waals surface area contributed by atoms with Gasteiger partial charge in [-0.1, -0.05) is 6.08 Å². The Morgan fingerprint density at radius 1 is 1.31 bits per heavy atom. The summed E-state index contributed by atoms with van der Waals surface area (Å²) in [5, 5.41) is 3.16. The van der Waals surface area contributed by atoms with Gasteiger partial charge >= 0.3 is 15.6 Å². The fraction of sp³-hybridized carbons (Fsp3) is 0.467. The van der Waals surface area contributed by atoms with E-state index in [-0.39, 0.29) is 13.3 Å². The van der Waals surface area contributed by atoms with Crippen LogP contribution < -0.4 is 14.2 Å². The van der Waals surface area contributed by atoms with Gasteiger partial charge in [0.05, 0.1) is 19.9 Å². The van der Waals surface area contributed by atoms with Crippen LogP contribution in [0.25, 0.3) is 0 Å². The van der Waals surface area contributed by atoms with Crippen LogP contribution in [0.1, 0.15) is 5.56 Å². The molecule has 0 aromatic heterocycles. The number of hydrogen-bond acceptors (Lipinski definition) is 7. The van der Waals surface area contributed by atoms with Crippen molar-refractivity contribution in [3.63, 3.8) is 0 Å². The van der Waals surface area contributed by atoms with Crippen LogP contribution in [0.15, 0.2) is 30.4 Å². The molecule has 11 heteroatoms. The predicted octanol–water partition coefficient (Wildman–Crippen LogP) is 1.40. The summed E-state index contributed by atoms with van der Waals surface area (Å²) in [6.07, 6.45) is 2.76. The number of benzene rings is 1. The minimum atomic E-state index is -5.77. The first-order chi connectivity index (χ1) is 12.2. The lowest BCUT2D eigenvalue weighted by molar-refractivity contribution is -0.0762. The lowest BCUT2D eigenvalue weighted by atomic mass is 9.79. The topological polar surface area (TPSA) is 83.1 Å². The second-order valence-corrected chi connectivity index (χ2v) is 7.58. The van der Waals surface area contributed by atoms with E-state index >= 15 is 0 Å². The summed E-state index contributed by atoms with van der Waals surface area (Å²) in [6, 6.07) is 3.69. The Kier molecular flexibility index (Phi) is 3.95. The molecule has 3 aliphatic rings. The molecule has 4 rings (SSSR count). The summed E-state index contributed by atoms with van der Waals surface area (Å²) in [4.78, 5) is 0. The molecule has 1 spiro atoms. The van der Waals surface area contributed by atoms with E-state index in [1.807, 2.05) is 12.2 Å². The van der Waals surface area contributed by atoms with Crippen molar-refractivity contribution in [2.45, 2.75) is 23.3 Å². The van der Waals surface area contributed by atoms with Crippen LogP contribution >= 0.6 is 0 Å². The number of hydrogen-bond donors (Lipinski definition) is 1. The minimum Gasteiger partial charge on any atom is -0.483 e. The van der Waals surface area contributed by atoms with Gasteiger partial charge in [0, 0.05) is 5.56 Å². The van der Waals surface area contributed by atoms with Gasteiger partial charge in [-0.15, -0.1) is 0 Å². The number of nitrogens with one attached hydrogen (secondary N) is 1. The Bertz CT molecular complexity index is 847. The third-order valence-corrected chi connectivity index (χ3v) is 5.46. The average molecular weight is 393 g/mol. The predicted molar refractivity (Wildman–Crippen MR) is 81.0 cm³/mol. The average Bonchev–Trinajstić information content (AvgIpc) is 3.05. The van der Waals surface area contributed by atoms with E-state index in [4.69, 9.17) is 14.2 Å². The largest absolute Gasteiger partial charge is 0.534 e. The highest BCUT2D eigenvalue weighted by Gasteiger charge is 2.54. The van der Waals surface area contributed by atoms with Crippen molar-refractivity contribution in [2.75, 3.05) is 19.9 Å². The lowest BCUT2D eigenvalue weighted by Gasteiger charge is -2.46.